The summed E-state index contributed by atoms with van der Waals surface area (Å²) in [4.78, 5) is 11.8. The average Bonchev–Trinajstić information content (AvgIpc) is 2.30. The van der Waals surface area contributed by atoms with Gasteiger partial charge in [-0.2, -0.15) is 0 Å². The number of pyridine rings is 1. The van der Waals surface area contributed by atoms with E-state index in [0.717, 1.165) is 0 Å². The van der Waals surface area contributed by atoms with Gasteiger partial charge in [0.05, 0.1) is 23.6 Å². The van der Waals surface area contributed by atoms with Crippen LogP contribution >= 0.6 is 0 Å². The van der Waals surface area contributed by atoms with E-state index in [9.17, 15) is 4.39 Å². The van der Waals surface area contributed by atoms with Gasteiger partial charge in [-0.3, -0.25) is 15.0 Å². The highest BCUT2D eigenvalue weighted by Gasteiger charge is 2.15. The summed E-state index contributed by atoms with van der Waals surface area (Å²) in [6.07, 6.45) is 6.04. The Morgan fingerprint density at radius 3 is 2.73 bits per heavy atom. The first kappa shape index (κ1) is 9.67. The highest BCUT2D eigenvalue weighted by Crippen LogP contribution is 2.16. The van der Waals surface area contributed by atoms with Crippen LogP contribution in [0.1, 0.15) is 17.4 Å². The van der Waals surface area contributed by atoms with Crippen LogP contribution in [0.5, 0.6) is 0 Å². The molecule has 15 heavy (non-hydrogen) atoms. The van der Waals surface area contributed by atoms with Crippen molar-refractivity contribution in [1.29, 1.82) is 0 Å². The van der Waals surface area contributed by atoms with Gasteiger partial charge >= 0.3 is 0 Å². The summed E-state index contributed by atoms with van der Waals surface area (Å²) in [5, 5.41) is 0. The predicted molar refractivity (Wildman–Crippen MR) is 52.3 cm³/mol. The van der Waals surface area contributed by atoms with Crippen molar-refractivity contribution < 1.29 is 4.39 Å². The first-order valence-electron chi connectivity index (χ1n) is 4.41. The Kier molecular flexibility index (Phi) is 2.64. The summed E-state index contributed by atoms with van der Waals surface area (Å²) >= 11 is 0. The maximum atomic E-state index is 13.3. The molecular weight excluding hydrogens is 195 g/mol. The normalized spacial score (nSPS) is 12.4. The van der Waals surface area contributed by atoms with Crippen molar-refractivity contribution in [3.8, 4) is 0 Å². The lowest BCUT2D eigenvalue weighted by Gasteiger charge is -2.09. The van der Waals surface area contributed by atoms with E-state index in [1.807, 2.05) is 0 Å². The van der Waals surface area contributed by atoms with E-state index < -0.39 is 11.9 Å². The van der Waals surface area contributed by atoms with Crippen LogP contribution in [0, 0.1) is 5.82 Å². The van der Waals surface area contributed by atoms with Crippen molar-refractivity contribution in [1.82, 2.24) is 15.0 Å². The van der Waals surface area contributed by atoms with Crippen molar-refractivity contribution in [2.24, 2.45) is 5.73 Å². The van der Waals surface area contributed by atoms with Gasteiger partial charge in [-0.1, -0.05) is 0 Å². The van der Waals surface area contributed by atoms with E-state index in [1.165, 1.54) is 36.9 Å². The Labute approximate surface area is 86.0 Å². The smallest absolute Gasteiger partial charge is 0.146 e. The van der Waals surface area contributed by atoms with E-state index in [4.69, 9.17) is 5.73 Å². The Bertz CT molecular complexity index is 446. The molecule has 0 spiro atoms. The van der Waals surface area contributed by atoms with Crippen LogP contribution in [0.4, 0.5) is 4.39 Å². The number of halogens is 1. The molecule has 2 N–H and O–H groups in total. The van der Waals surface area contributed by atoms with Crippen molar-refractivity contribution in [2.75, 3.05) is 0 Å². The molecule has 0 aliphatic rings. The zero-order valence-corrected chi connectivity index (χ0v) is 7.84. The molecule has 0 saturated carbocycles. The number of nitrogens with two attached hydrogens (primary N) is 1. The Hall–Kier alpha value is -1.88. The lowest BCUT2D eigenvalue weighted by Crippen LogP contribution is -2.16. The van der Waals surface area contributed by atoms with E-state index in [-0.39, 0.29) is 5.69 Å². The summed E-state index contributed by atoms with van der Waals surface area (Å²) in [6.45, 7) is 0. The van der Waals surface area contributed by atoms with Crippen molar-refractivity contribution in [3.05, 3.63) is 54.1 Å². The molecule has 0 aromatic carbocycles. The Morgan fingerprint density at radius 1 is 1.20 bits per heavy atom. The summed E-state index contributed by atoms with van der Waals surface area (Å²) < 4.78 is 13.3. The minimum Gasteiger partial charge on any atom is -0.318 e. The molecule has 5 heteroatoms. The van der Waals surface area contributed by atoms with E-state index in [0.29, 0.717) is 5.69 Å². The fraction of sp³-hybridized carbons (Fsp3) is 0.100. The van der Waals surface area contributed by atoms with Gasteiger partial charge in [0.25, 0.3) is 0 Å². The summed E-state index contributed by atoms with van der Waals surface area (Å²) in [5.74, 6) is -0.435. The predicted octanol–water partition coefficient (Wildman–Crippen LogP) is 1.06. The van der Waals surface area contributed by atoms with Crippen molar-refractivity contribution >= 4 is 0 Å². The van der Waals surface area contributed by atoms with Crippen LogP contribution in [0.2, 0.25) is 0 Å². The highest BCUT2D eigenvalue weighted by molar-refractivity contribution is 5.20. The minimum absolute atomic E-state index is 0.179. The summed E-state index contributed by atoms with van der Waals surface area (Å²) in [7, 11) is 0. The molecule has 0 amide bonds. The van der Waals surface area contributed by atoms with Crippen LogP contribution in [-0.2, 0) is 0 Å². The third kappa shape index (κ3) is 1.97. The lowest BCUT2D eigenvalue weighted by molar-refractivity contribution is 0.583. The maximum Gasteiger partial charge on any atom is 0.146 e. The van der Waals surface area contributed by atoms with Crippen LogP contribution in [-0.4, -0.2) is 15.0 Å². The van der Waals surface area contributed by atoms with Crippen LogP contribution in [0.3, 0.4) is 0 Å². The quantitative estimate of drug-likeness (QED) is 0.794. The highest BCUT2D eigenvalue weighted by atomic mass is 19.1. The third-order valence-corrected chi connectivity index (χ3v) is 1.98. The van der Waals surface area contributed by atoms with Crippen LogP contribution in [0.15, 0.2) is 36.9 Å². The molecule has 2 rings (SSSR count). The standard InChI is InChI=1S/C10H9FN4/c11-7-2-1-3-15-10(7)9(12)8-6-13-4-5-14-8/h1-6,9H,12H2. The third-order valence-electron chi connectivity index (χ3n) is 1.98. The van der Waals surface area contributed by atoms with Crippen molar-refractivity contribution in [2.45, 2.75) is 6.04 Å². The average molecular weight is 204 g/mol. The molecule has 0 fully saturated rings. The molecule has 0 radical (unpaired) electrons. The zero-order chi connectivity index (χ0) is 10.7. The number of rotatable bonds is 2. The molecular formula is C10H9FN4. The number of aromatic nitrogens is 3. The van der Waals surface area contributed by atoms with Gasteiger partial charge < -0.3 is 5.73 Å². The Balaban J connectivity index is 2.37. The second-order valence-electron chi connectivity index (χ2n) is 2.98. The minimum atomic E-state index is -0.681. The second-order valence-corrected chi connectivity index (χ2v) is 2.98. The molecule has 4 nitrogen and oxygen atoms in total. The molecule has 1 atom stereocenters. The fourth-order valence-electron chi connectivity index (χ4n) is 1.24. The van der Waals surface area contributed by atoms with Crippen LogP contribution in [0.25, 0.3) is 0 Å². The van der Waals surface area contributed by atoms with Crippen LogP contribution < -0.4 is 5.73 Å². The first-order chi connectivity index (χ1) is 7.29. The largest absolute Gasteiger partial charge is 0.318 e. The van der Waals surface area contributed by atoms with Gasteiger partial charge in [0.2, 0.25) is 0 Å². The van der Waals surface area contributed by atoms with Gasteiger partial charge in [0.1, 0.15) is 5.82 Å². The molecule has 2 aromatic heterocycles. The second kappa shape index (κ2) is 4.10. The van der Waals surface area contributed by atoms with Gasteiger partial charge in [-0.05, 0) is 12.1 Å². The van der Waals surface area contributed by atoms with Gasteiger partial charge in [-0.15, -0.1) is 0 Å². The van der Waals surface area contributed by atoms with Gasteiger partial charge in [0, 0.05) is 18.6 Å². The monoisotopic (exact) mass is 204 g/mol. The molecule has 0 bridgehead atoms. The molecule has 0 saturated heterocycles. The van der Waals surface area contributed by atoms with Gasteiger partial charge in [-0.25, -0.2) is 4.39 Å². The molecule has 2 aromatic rings. The molecule has 0 aliphatic carbocycles. The number of hydrogen-bond acceptors (Lipinski definition) is 4. The molecule has 2 heterocycles. The topological polar surface area (TPSA) is 64.7 Å². The van der Waals surface area contributed by atoms with E-state index in [1.54, 1.807) is 0 Å². The molecule has 76 valence electrons. The molecule has 1 unspecified atom stereocenters. The maximum absolute atomic E-state index is 13.3. The Morgan fingerprint density at radius 2 is 2.07 bits per heavy atom. The van der Waals surface area contributed by atoms with E-state index in [2.05, 4.69) is 15.0 Å². The van der Waals surface area contributed by atoms with E-state index >= 15 is 0 Å². The number of nitrogens with zero attached hydrogens (tertiary/aromatic N) is 3. The summed E-state index contributed by atoms with van der Waals surface area (Å²) in [5.41, 5.74) is 6.49. The fourth-order valence-corrected chi connectivity index (χ4v) is 1.24. The SMILES string of the molecule is NC(c1cnccn1)c1ncccc1F. The zero-order valence-electron chi connectivity index (χ0n) is 7.84. The van der Waals surface area contributed by atoms with Gasteiger partial charge in [0.15, 0.2) is 0 Å². The summed E-state index contributed by atoms with van der Waals surface area (Å²) in [6, 6.07) is 2.15. The van der Waals surface area contributed by atoms with Crippen molar-refractivity contribution in [3.63, 3.8) is 0 Å². The number of hydrogen-bond donors (Lipinski definition) is 1. The first-order valence-corrected chi connectivity index (χ1v) is 4.41. The molecule has 0 aliphatic heterocycles. The lowest BCUT2D eigenvalue weighted by atomic mass is 10.1.